The summed E-state index contributed by atoms with van der Waals surface area (Å²) in [5.41, 5.74) is 0.487. The minimum absolute atomic E-state index is 0.0183. The number of ether oxygens (including phenoxy) is 2. The van der Waals surface area contributed by atoms with E-state index >= 15 is 8.78 Å². The van der Waals surface area contributed by atoms with Gasteiger partial charge in [-0.25, -0.2) is 16.8 Å². The van der Waals surface area contributed by atoms with E-state index in [1.807, 2.05) is 24.3 Å². The van der Waals surface area contributed by atoms with Crippen LogP contribution in [0.2, 0.25) is 0 Å². The van der Waals surface area contributed by atoms with Gasteiger partial charge < -0.3 is 14.4 Å². The van der Waals surface area contributed by atoms with Gasteiger partial charge in [0.05, 0.1) is 19.5 Å². The van der Waals surface area contributed by atoms with E-state index in [-0.39, 0.29) is 30.0 Å². The molecule has 2 saturated heterocycles. The zero-order valence-electron chi connectivity index (χ0n) is 19.7. The summed E-state index contributed by atoms with van der Waals surface area (Å²) in [6, 6.07) is 12.7. The number of rotatable bonds is 8. The highest BCUT2D eigenvalue weighted by molar-refractivity contribution is 8.04. The molecule has 9 nitrogen and oxygen atoms in total. The average Bonchev–Trinajstić information content (AvgIpc) is 3.33. The lowest BCUT2D eigenvalue weighted by Crippen LogP contribution is -2.55. The summed E-state index contributed by atoms with van der Waals surface area (Å²) < 4.78 is 92.3. The molecule has 0 atom stereocenters. The van der Waals surface area contributed by atoms with Crippen molar-refractivity contribution in [1.29, 1.82) is 0 Å². The Kier molecular flexibility index (Phi) is 7.41. The summed E-state index contributed by atoms with van der Waals surface area (Å²) in [6.45, 7) is -0.661. The van der Waals surface area contributed by atoms with Gasteiger partial charge in [0.1, 0.15) is 0 Å². The number of carbonyl (C=O) groups excluding carboxylic acids is 1. The lowest BCUT2D eigenvalue weighted by molar-refractivity contribution is -0.170. The monoisotopic (exact) mass is 546 g/mol. The zero-order chi connectivity index (χ0) is 26.2. The molecule has 2 fully saturated rings. The van der Waals surface area contributed by atoms with Gasteiger partial charge in [0.15, 0.2) is 5.79 Å². The first-order chi connectivity index (χ1) is 16.9. The average molecular weight is 547 g/mol. The van der Waals surface area contributed by atoms with Crippen molar-refractivity contribution in [1.82, 2.24) is 8.61 Å². The Bertz CT molecular complexity index is 1340. The fourth-order valence-corrected chi connectivity index (χ4v) is 7.63. The van der Waals surface area contributed by atoms with Crippen LogP contribution in [0.25, 0.3) is 10.8 Å². The molecule has 2 aromatic rings. The Morgan fingerprint density at radius 2 is 1.61 bits per heavy atom. The molecule has 0 N–H and O–H groups in total. The Hall–Kier alpha value is -2.19. The van der Waals surface area contributed by atoms with Gasteiger partial charge >= 0.3 is 21.2 Å². The van der Waals surface area contributed by atoms with Crippen LogP contribution in [-0.2, 0) is 40.1 Å². The second-order valence-electron chi connectivity index (χ2n) is 8.90. The third kappa shape index (κ3) is 4.99. The third-order valence-corrected chi connectivity index (χ3v) is 10.3. The normalized spacial score (nSPS) is 19.2. The summed E-state index contributed by atoms with van der Waals surface area (Å²) in [5.74, 6) is -3.47. The predicted octanol–water partition coefficient (Wildman–Crippen LogP) is 2.63. The lowest BCUT2D eigenvalue weighted by atomic mass is 9.98. The smallest absolute Gasteiger partial charge is 0.343 e. The van der Waals surface area contributed by atoms with Crippen LogP contribution in [0.15, 0.2) is 42.5 Å². The van der Waals surface area contributed by atoms with E-state index in [9.17, 15) is 21.6 Å². The molecule has 198 valence electrons. The molecular weight excluding hydrogens is 518 g/mol. The van der Waals surface area contributed by atoms with Gasteiger partial charge in [0.2, 0.25) is 10.0 Å². The maximum absolute atomic E-state index is 15.1. The Labute approximate surface area is 209 Å². The Morgan fingerprint density at radius 1 is 1.00 bits per heavy atom. The van der Waals surface area contributed by atoms with Crippen LogP contribution < -0.4 is 0 Å². The van der Waals surface area contributed by atoms with Gasteiger partial charge in [-0.2, -0.15) is 8.78 Å². The van der Waals surface area contributed by atoms with Crippen LogP contribution >= 0.6 is 0 Å². The number of halogens is 2. The first-order valence-electron chi connectivity index (χ1n) is 11.6. The minimum Gasteiger partial charge on any atom is -0.343 e. The summed E-state index contributed by atoms with van der Waals surface area (Å²) >= 11 is 0. The van der Waals surface area contributed by atoms with Crippen LogP contribution in [0.3, 0.4) is 0 Å². The van der Waals surface area contributed by atoms with Crippen molar-refractivity contribution in [2.45, 2.75) is 36.7 Å². The van der Waals surface area contributed by atoms with Gasteiger partial charge in [-0.15, -0.1) is 0 Å². The molecule has 2 heterocycles. The van der Waals surface area contributed by atoms with Crippen molar-refractivity contribution >= 4 is 36.7 Å². The quantitative estimate of drug-likeness (QED) is 0.501. The van der Waals surface area contributed by atoms with Crippen LogP contribution in [0, 0.1) is 0 Å². The topological polar surface area (TPSA) is 110 Å². The maximum Gasteiger partial charge on any atom is 0.436 e. The molecule has 0 aromatic heterocycles. The Balaban J connectivity index is 1.64. The largest absolute Gasteiger partial charge is 0.436 e. The molecule has 36 heavy (non-hydrogen) atoms. The predicted molar refractivity (Wildman–Crippen MR) is 128 cm³/mol. The Morgan fingerprint density at radius 3 is 2.22 bits per heavy atom. The molecule has 0 saturated carbocycles. The van der Waals surface area contributed by atoms with Gasteiger partial charge in [0.25, 0.3) is 0 Å². The van der Waals surface area contributed by atoms with E-state index in [1.165, 1.54) is 0 Å². The molecular formula is C23H28F2N2O7S2. The van der Waals surface area contributed by atoms with Crippen LogP contribution in [0.4, 0.5) is 8.78 Å². The second kappa shape index (κ2) is 9.93. The van der Waals surface area contributed by atoms with Crippen LogP contribution in [-0.4, -0.2) is 75.7 Å². The van der Waals surface area contributed by atoms with Crippen molar-refractivity contribution in [3.05, 3.63) is 48.0 Å². The maximum atomic E-state index is 15.1. The molecule has 0 aliphatic carbocycles. The number of hydrogen-bond acceptors (Lipinski definition) is 7. The number of alkyl halides is 2. The number of nitrogens with zero attached hydrogens (tertiary/aromatic N) is 2. The first-order valence-corrected chi connectivity index (χ1v) is 14.8. The number of carbonyl (C=O) groups is 1. The fourth-order valence-electron chi connectivity index (χ4n) is 4.56. The van der Waals surface area contributed by atoms with Crippen molar-refractivity contribution in [2.24, 2.45) is 0 Å². The van der Waals surface area contributed by atoms with Crippen molar-refractivity contribution in [2.75, 3.05) is 39.1 Å². The number of piperidine rings is 1. The van der Waals surface area contributed by atoms with E-state index in [4.69, 9.17) is 9.47 Å². The third-order valence-electron chi connectivity index (χ3n) is 6.42. The molecule has 0 bridgehead atoms. The van der Waals surface area contributed by atoms with Gasteiger partial charge in [-0.1, -0.05) is 40.1 Å². The number of fused-ring (bicyclic) bond motifs is 1. The standard InChI is InChI=1S/C23H28F2N2O7S2/c1-35(29,30)27(36(31,32)23(24,25)21(28)26-12-5-2-6-13-26)14-11-22(33-15-16-34-22)20-10-9-18-7-3-4-8-19(18)17-20/h3-4,7-10,17H,2,5-6,11-16H2,1H3. The highest BCUT2D eigenvalue weighted by Crippen LogP contribution is 2.38. The first kappa shape index (κ1) is 26.9. The van der Waals surface area contributed by atoms with Crippen molar-refractivity contribution < 1.29 is 39.9 Å². The zero-order valence-corrected chi connectivity index (χ0v) is 21.4. The van der Waals surface area contributed by atoms with E-state index < -0.39 is 50.0 Å². The van der Waals surface area contributed by atoms with E-state index in [1.54, 1.807) is 18.2 Å². The highest BCUT2D eigenvalue weighted by Gasteiger charge is 2.60. The van der Waals surface area contributed by atoms with Gasteiger partial charge in [0, 0.05) is 31.6 Å². The summed E-state index contributed by atoms with van der Waals surface area (Å²) in [5, 5.41) is -3.20. The molecule has 0 spiro atoms. The summed E-state index contributed by atoms with van der Waals surface area (Å²) in [4.78, 5) is 13.3. The number of benzene rings is 2. The second-order valence-corrected chi connectivity index (χ2v) is 12.9. The fraction of sp³-hybridized carbons (Fsp3) is 0.522. The number of sulfonamides is 2. The number of amides is 1. The van der Waals surface area contributed by atoms with Crippen molar-refractivity contribution in [3.8, 4) is 0 Å². The van der Waals surface area contributed by atoms with Gasteiger partial charge in [-0.3, -0.25) is 4.79 Å². The highest BCUT2D eigenvalue weighted by atomic mass is 32.3. The molecule has 4 rings (SSSR count). The van der Waals surface area contributed by atoms with Crippen molar-refractivity contribution in [3.63, 3.8) is 0 Å². The molecule has 1 amide bonds. The lowest BCUT2D eigenvalue weighted by Gasteiger charge is -2.33. The summed E-state index contributed by atoms with van der Waals surface area (Å²) in [7, 11) is -10.7. The van der Waals surface area contributed by atoms with E-state index in [2.05, 4.69) is 0 Å². The van der Waals surface area contributed by atoms with Gasteiger partial charge in [-0.05, 0) is 36.1 Å². The van der Waals surface area contributed by atoms with E-state index in [0.29, 0.717) is 24.7 Å². The summed E-state index contributed by atoms with van der Waals surface area (Å²) in [6.07, 6.45) is 1.76. The van der Waals surface area contributed by atoms with Crippen LogP contribution in [0.5, 0.6) is 0 Å². The SMILES string of the molecule is CS(=O)(=O)N(CCC1(c2ccc3ccccc3c2)OCCO1)S(=O)(=O)C(F)(F)C(=O)N1CCCCC1. The molecule has 2 aromatic carbocycles. The molecule has 2 aliphatic heterocycles. The van der Waals surface area contributed by atoms with E-state index in [0.717, 1.165) is 22.1 Å². The molecule has 0 unspecified atom stereocenters. The van der Waals surface area contributed by atoms with Crippen LogP contribution in [0.1, 0.15) is 31.2 Å². The minimum atomic E-state index is -5.93. The number of likely N-dealkylation sites (tertiary alicyclic amines) is 1. The number of hydrogen-bond donors (Lipinski definition) is 0. The molecule has 2 aliphatic rings. The molecule has 13 heteroatoms. The molecule has 0 radical (unpaired) electrons.